The Labute approximate surface area is 147 Å². The maximum Gasteiger partial charge on any atom is 0.308 e. The van der Waals surface area contributed by atoms with Crippen molar-refractivity contribution in [2.45, 2.75) is 20.0 Å². The number of para-hydroxylation sites is 1. The van der Waals surface area contributed by atoms with Crippen LogP contribution in [0.1, 0.15) is 18.9 Å². The molecule has 136 valence electrons. The number of phenols is 2. The molecule has 6 heteroatoms. The van der Waals surface area contributed by atoms with Crippen molar-refractivity contribution < 1.29 is 29.2 Å². The molecule has 0 radical (unpaired) electrons. The summed E-state index contributed by atoms with van der Waals surface area (Å²) in [6.45, 7) is 3.03. The van der Waals surface area contributed by atoms with Gasteiger partial charge in [-0.2, -0.15) is 0 Å². The van der Waals surface area contributed by atoms with E-state index < -0.39 is 0 Å². The zero-order valence-electron chi connectivity index (χ0n) is 14.5. The lowest BCUT2D eigenvalue weighted by Crippen LogP contribution is -2.06. The molecule has 0 aliphatic carbocycles. The number of hydrogen-bond acceptors (Lipinski definition) is 6. The van der Waals surface area contributed by atoms with Crippen molar-refractivity contribution in [3.63, 3.8) is 0 Å². The van der Waals surface area contributed by atoms with Gasteiger partial charge in [-0.3, -0.25) is 4.79 Å². The highest BCUT2D eigenvalue weighted by molar-refractivity contribution is 5.69. The monoisotopic (exact) mass is 348 g/mol. The van der Waals surface area contributed by atoms with Crippen LogP contribution in [0.3, 0.4) is 0 Å². The smallest absolute Gasteiger partial charge is 0.308 e. The summed E-state index contributed by atoms with van der Waals surface area (Å²) in [6.07, 6.45) is 0.352. The average molecular weight is 348 g/mol. The first kappa shape index (κ1) is 20.3. The summed E-state index contributed by atoms with van der Waals surface area (Å²) in [5, 5.41) is 18.8. The van der Waals surface area contributed by atoms with Crippen LogP contribution in [0.2, 0.25) is 0 Å². The minimum absolute atomic E-state index is 0.175. The van der Waals surface area contributed by atoms with Gasteiger partial charge in [-0.25, -0.2) is 0 Å². The molecule has 0 aliphatic rings. The van der Waals surface area contributed by atoms with Gasteiger partial charge in [-0.15, -0.1) is 0 Å². The predicted octanol–water partition coefficient (Wildman–Crippen LogP) is 3.26. The van der Waals surface area contributed by atoms with Gasteiger partial charge in [0.15, 0.2) is 11.5 Å². The summed E-state index contributed by atoms with van der Waals surface area (Å²) in [4.78, 5) is 10.5. The zero-order valence-corrected chi connectivity index (χ0v) is 14.5. The molecular formula is C19H24O6. The molecule has 0 bridgehead atoms. The Bertz CT molecular complexity index is 627. The lowest BCUT2D eigenvalue weighted by atomic mass is 10.2. The van der Waals surface area contributed by atoms with Crippen LogP contribution in [0, 0.1) is 0 Å². The first-order valence-corrected chi connectivity index (χ1v) is 7.90. The van der Waals surface area contributed by atoms with Crippen molar-refractivity contribution in [1.82, 2.24) is 0 Å². The normalized spacial score (nSPS) is 9.68. The Morgan fingerprint density at radius 2 is 1.76 bits per heavy atom. The number of phenolic OH excluding ortho intramolecular Hbond substituents is 2. The zero-order chi connectivity index (χ0) is 18.5. The Balaban J connectivity index is 0.000000299. The van der Waals surface area contributed by atoms with Crippen molar-refractivity contribution >= 4 is 5.97 Å². The van der Waals surface area contributed by atoms with Crippen LogP contribution in [0.5, 0.6) is 17.2 Å². The molecule has 0 saturated heterocycles. The van der Waals surface area contributed by atoms with E-state index in [0.29, 0.717) is 26.2 Å². The molecule has 0 atom stereocenters. The van der Waals surface area contributed by atoms with Crippen molar-refractivity contribution in [2.24, 2.45) is 0 Å². The fourth-order valence-electron chi connectivity index (χ4n) is 1.78. The second-order valence-electron chi connectivity index (χ2n) is 4.95. The number of benzene rings is 2. The van der Waals surface area contributed by atoms with E-state index in [4.69, 9.17) is 4.74 Å². The molecule has 0 spiro atoms. The molecule has 0 amide bonds. The van der Waals surface area contributed by atoms with E-state index in [1.807, 2.05) is 30.3 Å². The van der Waals surface area contributed by atoms with E-state index in [0.717, 1.165) is 5.56 Å². The third-order valence-corrected chi connectivity index (χ3v) is 3.03. The number of esters is 1. The van der Waals surface area contributed by atoms with Gasteiger partial charge in [-0.1, -0.05) is 36.4 Å². The highest BCUT2D eigenvalue weighted by Gasteiger charge is 2.06. The number of carbonyl (C=O) groups excluding carboxylic acids is 1. The van der Waals surface area contributed by atoms with Crippen molar-refractivity contribution in [1.29, 1.82) is 0 Å². The molecule has 0 aromatic heterocycles. The molecule has 2 rings (SSSR count). The van der Waals surface area contributed by atoms with Gasteiger partial charge in [0, 0.05) is 7.11 Å². The van der Waals surface area contributed by atoms with Gasteiger partial charge in [0.05, 0.1) is 19.6 Å². The first-order chi connectivity index (χ1) is 12.1. The lowest BCUT2D eigenvalue weighted by molar-refractivity contribution is -0.144. The van der Waals surface area contributed by atoms with E-state index in [1.54, 1.807) is 26.2 Å². The summed E-state index contributed by atoms with van der Waals surface area (Å²) in [6, 6.07) is 14.3. The molecule has 25 heavy (non-hydrogen) atoms. The number of hydrogen-bond donors (Lipinski definition) is 2. The summed E-state index contributed by atoms with van der Waals surface area (Å²) < 4.78 is 14.7. The number of ether oxygens (including phenoxy) is 3. The van der Waals surface area contributed by atoms with E-state index in [2.05, 4.69) is 9.47 Å². The summed E-state index contributed by atoms with van der Waals surface area (Å²) in [5.74, 6) is -0.313. The van der Waals surface area contributed by atoms with E-state index in [1.165, 1.54) is 6.07 Å². The number of carbonyl (C=O) groups is 1. The van der Waals surface area contributed by atoms with Gasteiger partial charge in [0.25, 0.3) is 0 Å². The van der Waals surface area contributed by atoms with Gasteiger partial charge in [0.2, 0.25) is 5.75 Å². The topological polar surface area (TPSA) is 85.2 Å². The molecule has 0 heterocycles. The minimum atomic E-state index is -0.224. The van der Waals surface area contributed by atoms with Crippen LogP contribution in [0.25, 0.3) is 0 Å². The second kappa shape index (κ2) is 11.8. The van der Waals surface area contributed by atoms with Crippen molar-refractivity contribution in [3.05, 3.63) is 54.1 Å². The minimum Gasteiger partial charge on any atom is -0.504 e. The van der Waals surface area contributed by atoms with Crippen LogP contribution in [0.4, 0.5) is 0 Å². The van der Waals surface area contributed by atoms with Gasteiger partial charge < -0.3 is 24.4 Å². The summed E-state index contributed by atoms with van der Waals surface area (Å²) in [5.41, 5.74) is 1.00. The summed E-state index contributed by atoms with van der Waals surface area (Å²) in [7, 11) is 1.55. The van der Waals surface area contributed by atoms with Gasteiger partial charge in [0.1, 0.15) is 6.61 Å². The van der Waals surface area contributed by atoms with Crippen molar-refractivity contribution in [2.75, 3.05) is 20.3 Å². The third-order valence-electron chi connectivity index (χ3n) is 3.03. The highest BCUT2D eigenvalue weighted by atomic mass is 16.5. The van der Waals surface area contributed by atoms with Crippen LogP contribution in [-0.4, -0.2) is 36.5 Å². The standard InChI is InChI=1S/C13H12O3.C6H12O3/c14-11-7-4-8-12(13(11)15)16-9-10-5-2-1-3-6-10;1-3-9-6(7)4-5-8-2/h1-8,14-15H,9H2;3-5H2,1-2H3. The largest absolute Gasteiger partial charge is 0.504 e. The number of aromatic hydroxyl groups is 2. The molecule has 6 nitrogen and oxygen atoms in total. The Kier molecular flexibility index (Phi) is 9.55. The van der Waals surface area contributed by atoms with Crippen LogP contribution >= 0.6 is 0 Å². The molecule has 2 aromatic carbocycles. The lowest BCUT2D eigenvalue weighted by Gasteiger charge is -2.08. The average Bonchev–Trinajstić information content (AvgIpc) is 2.63. The Morgan fingerprint density at radius 1 is 1.04 bits per heavy atom. The fraction of sp³-hybridized carbons (Fsp3) is 0.316. The van der Waals surface area contributed by atoms with Crippen LogP contribution in [-0.2, 0) is 20.9 Å². The molecule has 0 aliphatic heterocycles. The van der Waals surface area contributed by atoms with E-state index in [-0.39, 0.29) is 23.2 Å². The van der Waals surface area contributed by atoms with Crippen LogP contribution in [0.15, 0.2) is 48.5 Å². The third kappa shape index (κ3) is 8.08. The van der Waals surface area contributed by atoms with E-state index >= 15 is 0 Å². The predicted molar refractivity (Wildman–Crippen MR) is 93.7 cm³/mol. The molecular weight excluding hydrogens is 324 g/mol. The maximum atomic E-state index is 10.5. The van der Waals surface area contributed by atoms with E-state index in [9.17, 15) is 15.0 Å². The number of methoxy groups -OCH3 is 1. The Hall–Kier alpha value is -2.73. The maximum absolute atomic E-state index is 10.5. The van der Waals surface area contributed by atoms with Gasteiger partial charge in [-0.05, 0) is 24.6 Å². The molecule has 2 aromatic rings. The highest BCUT2D eigenvalue weighted by Crippen LogP contribution is 2.34. The molecule has 0 saturated carbocycles. The molecule has 0 unspecified atom stereocenters. The fourth-order valence-corrected chi connectivity index (χ4v) is 1.78. The van der Waals surface area contributed by atoms with Crippen molar-refractivity contribution in [3.8, 4) is 17.2 Å². The number of rotatable bonds is 7. The van der Waals surface area contributed by atoms with Crippen LogP contribution < -0.4 is 4.74 Å². The SMILES string of the molecule is CCOC(=O)CCOC.Oc1cccc(OCc2ccccc2)c1O. The Morgan fingerprint density at radius 3 is 2.40 bits per heavy atom. The summed E-state index contributed by atoms with van der Waals surface area (Å²) >= 11 is 0. The second-order valence-corrected chi connectivity index (χ2v) is 4.95. The quantitative estimate of drug-likeness (QED) is 0.590. The van der Waals surface area contributed by atoms with Gasteiger partial charge >= 0.3 is 5.97 Å². The first-order valence-electron chi connectivity index (χ1n) is 7.90. The molecule has 0 fully saturated rings. The molecule has 2 N–H and O–H groups in total.